The fourth-order valence-corrected chi connectivity index (χ4v) is 1.75. The molecule has 0 aliphatic rings. The van der Waals surface area contributed by atoms with Crippen molar-refractivity contribution < 1.29 is 22.0 Å². The van der Waals surface area contributed by atoms with Crippen LogP contribution in [-0.4, -0.2) is 6.43 Å². The molecule has 1 nitrogen and oxygen atoms in total. The maximum atomic E-state index is 12.5. The molecule has 0 spiro atoms. The van der Waals surface area contributed by atoms with Gasteiger partial charge in [-0.3, -0.25) is 0 Å². The Morgan fingerprint density at radius 1 is 1.24 bits per heavy atom. The Labute approximate surface area is 99.4 Å². The van der Waals surface area contributed by atoms with Gasteiger partial charge in [-0.05, 0) is 11.6 Å². The van der Waals surface area contributed by atoms with Gasteiger partial charge in [0, 0.05) is 12.5 Å². The predicted molar refractivity (Wildman–Crippen MR) is 54.0 cm³/mol. The summed E-state index contributed by atoms with van der Waals surface area (Å²) in [5.74, 6) is 0. The summed E-state index contributed by atoms with van der Waals surface area (Å²) in [5.41, 5.74) is 4.19. The van der Waals surface area contributed by atoms with E-state index in [1.165, 1.54) is 6.07 Å². The van der Waals surface area contributed by atoms with Gasteiger partial charge in [-0.1, -0.05) is 23.7 Å². The van der Waals surface area contributed by atoms with E-state index in [4.69, 9.17) is 17.3 Å². The molecule has 7 heteroatoms. The maximum absolute atomic E-state index is 12.5. The molecular weight excluding hydrogens is 265 g/mol. The van der Waals surface area contributed by atoms with Gasteiger partial charge in [0.2, 0.25) is 6.43 Å². The summed E-state index contributed by atoms with van der Waals surface area (Å²) in [4.78, 5) is 0. The second-order valence-electron chi connectivity index (χ2n) is 3.44. The van der Waals surface area contributed by atoms with Gasteiger partial charge in [0.05, 0.1) is 10.6 Å². The molecule has 1 aromatic carbocycles. The molecule has 2 N–H and O–H groups in total. The smallest absolute Gasteiger partial charge is 0.324 e. The quantitative estimate of drug-likeness (QED) is 0.827. The molecule has 0 saturated heterocycles. The standard InChI is InChI=1S/C10H9ClF5N/c11-9-5(7(17)4-8(12)13)2-1-3-6(9)10(14,15)16/h1-3,7-8H,4,17H2/t7-/m1/s1. The van der Waals surface area contributed by atoms with Crippen molar-refractivity contribution in [3.63, 3.8) is 0 Å². The number of rotatable bonds is 3. The molecule has 1 aromatic rings. The Morgan fingerprint density at radius 2 is 1.82 bits per heavy atom. The molecule has 0 radical (unpaired) electrons. The van der Waals surface area contributed by atoms with Crippen LogP contribution in [0.3, 0.4) is 0 Å². The molecule has 17 heavy (non-hydrogen) atoms. The van der Waals surface area contributed by atoms with Crippen molar-refractivity contribution in [1.29, 1.82) is 0 Å². The minimum atomic E-state index is -4.63. The number of nitrogens with two attached hydrogens (primary N) is 1. The Kier molecular flexibility index (Phi) is 4.32. The van der Waals surface area contributed by atoms with E-state index >= 15 is 0 Å². The molecule has 0 fully saturated rings. The lowest BCUT2D eigenvalue weighted by Gasteiger charge is -2.16. The summed E-state index contributed by atoms with van der Waals surface area (Å²) in [6, 6.07) is 1.87. The number of alkyl halides is 5. The molecule has 0 saturated carbocycles. The summed E-state index contributed by atoms with van der Waals surface area (Å²) in [6.07, 6.45) is -8.06. The van der Waals surface area contributed by atoms with Gasteiger partial charge < -0.3 is 5.73 Å². The van der Waals surface area contributed by atoms with Crippen molar-refractivity contribution in [3.8, 4) is 0 Å². The van der Waals surface area contributed by atoms with Crippen LogP contribution in [0.15, 0.2) is 18.2 Å². The minimum absolute atomic E-state index is 0.123. The van der Waals surface area contributed by atoms with E-state index in [1.54, 1.807) is 0 Å². The predicted octanol–water partition coefficient (Wildman–Crippen LogP) is 4.01. The molecule has 0 heterocycles. The van der Waals surface area contributed by atoms with E-state index in [0.29, 0.717) is 0 Å². The third-order valence-corrected chi connectivity index (χ3v) is 2.59. The van der Waals surface area contributed by atoms with Crippen LogP contribution in [0.5, 0.6) is 0 Å². The van der Waals surface area contributed by atoms with Crippen molar-refractivity contribution in [2.75, 3.05) is 0 Å². The molecule has 0 aliphatic carbocycles. The van der Waals surface area contributed by atoms with Gasteiger partial charge in [0.25, 0.3) is 0 Å². The first-order valence-corrected chi connectivity index (χ1v) is 5.00. The zero-order chi connectivity index (χ0) is 13.2. The number of halogens is 6. The molecule has 1 rings (SSSR count). The highest BCUT2D eigenvalue weighted by Gasteiger charge is 2.34. The number of benzene rings is 1. The van der Waals surface area contributed by atoms with Gasteiger partial charge in [0.1, 0.15) is 0 Å². The fourth-order valence-electron chi connectivity index (χ4n) is 1.37. The molecule has 0 amide bonds. The fraction of sp³-hybridized carbons (Fsp3) is 0.400. The van der Waals surface area contributed by atoms with Gasteiger partial charge in [-0.2, -0.15) is 13.2 Å². The van der Waals surface area contributed by atoms with Crippen molar-refractivity contribution in [2.24, 2.45) is 5.73 Å². The van der Waals surface area contributed by atoms with Crippen molar-refractivity contribution in [3.05, 3.63) is 34.3 Å². The van der Waals surface area contributed by atoms with E-state index in [-0.39, 0.29) is 5.56 Å². The Morgan fingerprint density at radius 3 is 2.29 bits per heavy atom. The average Bonchev–Trinajstić information content (AvgIpc) is 2.14. The SMILES string of the molecule is N[C@H](CC(F)F)c1cccc(C(F)(F)F)c1Cl. The zero-order valence-electron chi connectivity index (χ0n) is 8.44. The highest BCUT2D eigenvalue weighted by molar-refractivity contribution is 6.32. The lowest BCUT2D eigenvalue weighted by Crippen LogP contribution is -2.16. The van der Waals surface area contributed by atoms with Crippen LogP contribution in [0.25, 0.3) is 0 Å². The van der Waals surface area contributed by atoms with Gasteiger partial charge in [0.15, 0.2) is 0 Å². The number of hydrogen-bond acceptors (Lipinski definition) is 1. The van der Waals surface area contributed by atoms with Crippen LogP contribution in [0.1, 0.15) is 23.6 Å². The molecule has 0 aromatic heterocycles. The molecule has 0 bridgehead atoms. The second-order valence-corrected chi connectivity index (χ2v) is 3.82. The Bertz CT molecular complexity index is 391. The summed E-state index contributed by atoms with van der Waals surface area (Å²) in [6.45, 7) is 0. The van der Waals surface area contributed by atoms with E-state index < -0.39 is 35.7 Å². The minimum Gasteiger partial charge on any atom is -0.324 e. The average molecular weight is 274 g/mol. The van der Waals surface area contributed by atoms with Crippen molar-refractivity contribution in [1.82, 2.24) is 0 Å². The van der Waals surface area contributed by atoms with E-state index in [0.717, 1.165) is 12.1 Å². The van der Waals surface area contributed by atoms with E-state index in [1.807, 2.05) is 0 Å². The van der Waals surface area contributed by atoms with Crippen LogP contribution in [0, 0.1) is 0 Å². The molecule has 1 atom stereocenters. The Hall–Kier alpha value is -0.880. The van der Waals surface area contributed by atoms with Crippen LogP contribution < -0.4 is 5.73 Å². The highest BCUT2D eigenvalue weighted by atomic mass is 35.5. The second kappa shape index (κ2) is 5.18. The van der Waals surface area contributed by atoms with Crippen LogP contribution in [0.2, 0.25) is 5.02 Å². The first-order chi connectivity index (χ1) is 7.73. The van der Waals surface area contributed by atoms with Gasteiger partial charge in [-0.25, -0.2) is 8.78 Å². The lowest BCUT2D eigenvalue weighted by molar-refractivity contribution is -0.137. The summed E-state index contributed by atoms with van der Waals surface area (Å²) >= 11 is 5.53. The third kappa shape index (κ3) is 3.54. The van der Waals surface area contributed by atoms with Crippen LogP contribution >= 0.6 is 11.6 Å². The van der Waals surface area contributed by atoms with E-state index in [2.05, 4.69) is 0 Å². The first kappa shape index (κ1) is 14.2. The topological polar surface area (TPSA) is 26.0 Å². The Balaban J connectivity index is 3.10. The highest BCUT2D eigenvalue weighted by Crippen LogP contribution is 2.38. The summed E-state index contributed by atoms with van der Waals surface area (Å²) in [7, 11) is 0. The van der Waals surface area contributed by atoms with E-state index in [9.17, 15) is 22.0 Å². The normalized spacial score (nSPS) is 14.1. The van der Waals surface area contributed by atoms with Crippen molar-refractivity contribution >= 4 is 11.6 Å². The molecule has 0 unspecified atom stereocenters. The largest absolute Gasteiger partial charge is 0.417 e. The summed E-state index contributed by atoms with van der Waals surface area (Å²) in [5, 5.41) is -0.617. The monoisotopic (exact) mass is 273 g/mol. The molecule has 96 valence electrons. The first-order valence-electron chi connectivity index (χ1n) is 4.62. The summed E-state index contributed by atoms with van der Waals surface area (Å²) < 4.78 is 61.6. The lowest BCUT2D eigenvalue weighted by atomic mass is 10.0. The molecular formula is C10H9ClF5N. The van der Waals surface area contributed by atoms with Gasteiger partial charge in [-0.15, -0.1) is 0 Å². The number of hydrogen-bond donors (Lipinski definition) is 1. The van der Waals surface area contributed by atoms with Crippen LogP contribution in [0.4, 0.5) is 22.0 Å². The van der Waals surface area contributed by atoms with Crippen LogP contribution in [-0.2, 0) is 6.18 Å². The molecule has 0 aliphatic heterocycles. The van der Waals surface area contributed by atoms with Crippen molar-refractivity contribution in [2.45, 2.75) is 25.1 Å². The maximum Gasteiger partial charge on any atom is 0.417 e. The zero-order valence-corrected chi connectivity index (χ0v) is 9.19. The third-order valence-electron chi connectivity index (χ3n) is 2.17. The van der Waals surface area contributed by atoms with Gasteiger partial charge >= 0.3 is 6.18 Å².